The van der Waals surface area contributed by atoms with Gasteiger partial charge in [0.1, 0.15) is 12.1 Å². The van der Waals surface area contributed by atoms with E-state index in [1.165, 1.54) is 0 Å². The number of nitrogens with one attached hydrogen (secondary N) is 2. The van der Waals surface area contributed by atoms with Crippen LogP contribution >= 0.6 is 0 Å². The van der Waals surface area contributed by atoms with E-state index in [9.17, 15) is 14.4 Å². The molecule has 0 saturated carbocycles. The molecule has 0 spiro atoms. The summed E-state index contributed by atoms with van der Waals surface area (Å²) in [7, 11) is 0. The van der Waals surface area contributed by atoms with Gasteiger partial charge in [-0.25, -0.2) is 4.79 Å². The molecule has 1 aliphatic heterocycles. The van der Waals surface area contributed by atoms with E-state index in [0.717, 1.165) is 15.7 Å². The molecule has 1 fully saturated rings. The summed E-state index contributed by atoms with van der Waals surface area (Å²) in [6.45, 7) is 5.02. The van der Waals surface area contributed by atoms with Crippen LogP contribution in [0.4, 0.5) is 4.79 Å². The van der Waals surface area contributed by atoms with Crippen molar-refractivity contribution in [3.8, 4) is 0 Å². The highest BCUT2D eigenvalue weighted by Crippen LogP contribution is 2.30. The van der Waals surface area contributed by atoms with Crippen molar-refractivity contribution in [2.45, 2.75) is 32.4 Å². The molecule has 6 heteroatoms. The lowest BCUT2D eigenvalue weighted by molar-refractivity contribution is -0.135. The van der Waals surface area contributed by atoms with Crippen LogP contribution in [0.5, 0.6) is 0 Å². The first kappa shape index (κ1) is 17.0. The molecular formula is C19H21N3O3. The van der Waals surface area contributed by atoms with E-state index in [0.29, 0.717) is 5.56 Å². The molecule has 6 nitrogen and oxygen atoms in total. The number of benzene rings is 2. The molecule has 4 amide bonds. The highest BCUT2D eigenvalue weighted by Gasteiger charge is 2.49. The average molecular weight is 339 g/mol. The fourth-order valence-electron chi connectivity index (χ4n) is 3.05. The van der Waals surface area contributed by atoms with E-state index in [2.05, 4.69) is 10.6 Å². The Labute approximate surface area is 146 Å². The standard InChI is InChI=1S/C19H21N3O3/c1-12(2)20-16(23)11-22-17(24)19(3,21-18(22)25)15-9-8-13-6-4-5-7-14(13)10-15/h4-10,12H,11H2,1-3H3,(H,20,23)(H,21,25)/t19-/m1/s1. The van der Waals surface area contributed by atoms with Crippen LogP contribution in [0, 0.1) is 0 Å². The second-order valence-electron chi connectivity index (χ2n) is 6.73. The Balaban J connectivity index is 1.89. The van der Waals surface area contributed by atoms with Crippen molar-refractivity contribution in [3.05, 3.63) is 48.0 Å². The smallest absolute Gasteiger partial charge is 0.325 e. The molecule has 0 aromatic heterocycles. The third kappa shape index (κ3) is 3.07. The van der Waals surface area contributed by atoms with Crippen molar-refractivity contribution in [3.63, 3.8) is 0 Å². The van der Waals surface area contributed by atoms with Crippen LogP contribution in [0.3, 0.4) is 0 Å². The number of carbonyl (C=O) groups excluding carboxylic acids is 3. The van der Waals surface area contributed by atoms with Crippen LogP contribution in [0.1, 0.15) is 26.3 Å². The lowest BCUT2D eigenvalue weighted by atomic mass is 9.90. The van der Waals surface area contributed by atoms with Crippen LogP contribution in [-0.2, 0) is 15.1 Å². The van der Waals surface area contributed by atoms with Gasteiger partial charge in [-0.2, -0.15) is 0 Å². The number of fused-ring (bicyclic) bond motifs is 1. The molecule has 0 radical (unpaired) electrons. The van der Waals surface area contributed by atoms with E-state index >= 15 is 0 Å². The van der Waals surface area contributed by atoms with Gasteiger partial charge in [0.05, 0.1) is 0 Å². The van der Waals surface area contributed by atoms with E-state index in [1.807, 2.05) is 56.3 Å². The number of urea groups is 1. The molecule has 2 N–H and O–H groups in total. The highest BCUT2D eigenvalue weighted by molar-refractivity contribution is 6.09. The SMILES string of the molecule is CC(C)NC(=O)CN1C(=O)N[C@](C)(c2ccc3ccccc3c2)C1=O. The van der Waals surface area contributed by atoms with Crippen molar-refractivity contribution in [1.29, 1.82) is 0 Å². The van der Waals surface area contributed by atoms with Crippen LogP contribution in [0.2, 0.25) is 0 Å². The molecule has 1 atom stereocenters. The van der Waals surface area contributed by atoms with Gasteiger partial charge >= 0.3 is 6.03 Å². The summed E-state index contributed by atoms with van der Waals surface area (Å²) in [5, 5.41) is 7.46. The first-order chi connectivity index (χ1) is 11.8. The van der Waals surface area contributed by atoms with E-state index < -0.39 is 17.5 Å². The minimum Gasteiger partial charge on any atom is -0.352 e. The number of amides is 4. The van der Waals surface area contributed by atoms with Crippen molar-refractivity contribution in [2.24, 2.45) is 0 Å². The predicted octanol–water partition coefficient (Wildman–Crippen LogP) is 2.13. The van der Waals surface area contributed by atoms with Crippen molar-refractivity contribution >= 4 is 28.6 Å². The zero-order chi connectivity index (χ0) is 18.2. The van der Waals surface area contributed by atoms with Crippen molar-refractivity contribution in [2.75, 3.05) is 6.54 Å². The van der Waals surface area contributed by atoms with Gasteiger partial charge in [-0.1, -0.05) is 36.4 Å². The van der Waals surface area contributed by atoms with Crippen LogP contribution in [-0.4, -0.2) is 35.3 Å². The lowest BCUT2D eigenvalue weighted by Gasteiger charge is -2.22. The molecule has 1 aliphatic rings. The summed E-state index contributed by atoms with van der Waals surface area (Å²) in [5.41, 5.74) is -0.490. The highest BCUT2D eigenvalue weighted by atomic mass is 16.2. The first-order valence-corrected chi connectivity index (χ1v) is 8.24. The second-order valence-corrected chi connectivity index (χ2v) is 6.73. The number of hydrogen-bond acceptors (Lipinski definition) is 3. The van der Waals surface area contributed by atoms with E-state index in [4.69, 9.17) is 0 Å². The Hall–Kier alpha value is -2.89. The number of nitrogens with zero attached hydrogens (tertiary/aromatic N) is 1. The predicted molar refractivity (Wildman–Crippen MR) is 94.8 cm³/mol. The molecule has 1 saturated heterocycles. The van der Waals surface area contributed by atoms with Gasteiger partial charge in [-0.15, -0.1) is 0 Å². The number of imide groups is 1. The van der Waals surface area contributed by atoms with Gasteiger partial charge in [0.2, 0.25) is 5.91 Å². The van der Waals surface area contributed by atoms with Gasteiger partial charge in [0.25, 0.3) is 5.91 Å². The molecule has 130 valence electrons. The number of hydrogen-bond donors (Lipinski definition) is 2. The molecular weight excluding hydrogens is 318 g/mol. The second kappa shape index (κ2) is 6.20. The number of rotatable bonds is 4. The molecule has 3 rings (SSSR count). The fraction of sp³-hybridized carbons (Fsp3) is 0.316. The zero-order valence-electron chi connectivity index (χ0n) is 14.5. The molecule has 2 aromatic carbocycles. The quantitative estimate of drug-likeness (QED) is 0.838. The Morgan fingerprint density at radius 2 is 1.84 bits per heavy atom. The molecule has 2 aromatic rings. The Kier molecular flexibility index (Phi) is 4.20. The molecule has 0 unspecified atom stereocenters. The summed E-state index contributed by atoms with van der Waals surface area (Å²) in [5.74, 6) is -0.784. The maximum Gasteiger partial charge on any atom is 0.325 e. The topological polar surface area (TPSA) is 78.5 Å². The normalized spacial score (nSPS) is 20.2. The fourth-order valence-corrected chi connectivity index (χ4v) is 3.05. The van der Waals surface area contributed by atoms with Gasteiger partial charge in [-0.3, -0.25) is 14.5 Å². The summed E-state index contributed by atoms with van der Waals surface area (Å²) in [6.07, 6.45) is 0. The molecule has 0 bridgehead atoms. The maximum atomic E-state index is 12.9. The van der Waals surface area contributed by atoms with E-state index in [-0.39, 0.29) is 18.5 Å². The maximum absolute atomic E-state index is 12.9. The van der Waals surface area contributed by atoms with Crippen LogP contribution in [0.15, 0.2) is 42.5 Å². The van der Waals surface area contributed by atoms with Crippen molar-refractivity contribution in [1.82, 2.24) is 15.5 Å². The van der Waals surface area contributed by atoms with Gasteiger partial charge in [-0.05, 0) is 43.2 Å². The van der Waals surface area contributed by atoms with Crippen molar-refractivity contribution < 1.29 is 14.4 Å². The third-order valence-corrected chi connectivity index (χ3v) is 4.35. The lowest BCUT2D eigenvalue weighted by Crippen LogP contribution is -2.44. The summed E-state index contributed by atoms with van der Waals surface area (Å²) in [4.78, 5) is 38.0. The molecule has 25 heavy (non-hydrogen) atoms. The van der Waals surface area contributed by atoms with Crippen LogP contribution in [0.25, 0.3) is 10.8 Å². The summed E-state index contributed by atoms with van der Waals surface area (Å²) >= 11 is 0. The monoisotopic (exact) mass is 339 g/mol. The third-order valence-electron chi connectivity index (χ3n) is 4.35. The Morgan fingerprint density at radius 3 is 2.52 bits per heavy atom. The van der Waals surface area contributed by atoms with Gasteiger partial charge < -0.3 is 10.6 Å². The van der Waals surface area contributed by atoms with E-state index in [1.54, 1.807) is 6.92 Å². The minimum atomic E-state index is -1.18. The Morgan fingerprint density at radius 1 is 1.16 bits per heavy atom. The summed E-state index contributed by atoms with van der Waals surface area (Å²) < 4.78 is 0. The summed E-state index contributed by atoms with van der Waals surface area (Å²) in [6, 6.07) is 12.8. The van der Waals surface area contributed by atoms with Crippen LogP contribution < -0.4 is 10.6 Å². The largest absolute Gasteiger partial charge is 0.352 e. The Bertz CT molecular complexity index is 862. The average Bonchev–Trinajstić information content (AvgIpc) is 2.78. The molecule has 1 heterocycles. The first-order valence-electron chi connectivity index (χ1n) is 8.24. The zero-order valence-corrected chi connectivity index (χ0v) is 14.5. The van der Waals surface area contributed by atoms with Gasteiger partial charge in [0.15, 0.2) is 0 Å². The molecule has 0 aliphatic carbocycles. The number of carbonyl (C=O) groups is 3. The van der Waals surface area contributed by atoms with Gasteiger partial charge in [0, 0.05) is 6.04 Å². The minimum absolute atomic E-state index is 0.0554.